The van der Waals surface area contributed by atoms with Crippen molar-refractivity contribution in [3.63, 3.8) is 0 Å². The summed E-state index contributed by atoms with van der Waals surface area (Å²) in [6.07, 6.45) is 3.87. The maximum atomic E-state index is 4.79. The van der Waals surface area contributed by atoms with E-state index in [1.807, 2.05) is 18.5 Å². The molecule has 0 saturated heterocycles. The van der Waals surface area contributed by atoms with E-state index in [1.165, 1.54) is 38.4 Å². The average Bonchev–Trinajstić information content (AvgIpc) is 3.07. The molecule has 0 aliphatic heterocycles. The first-order chi connectivity index (χ1) is 12.3. The van der Waals surface area contributed by atoms with Crippen molar-refractivity contribution in [3.8, 4) is 11.1 Å². The molecule has 2 nitrogen and oxygen atoms in total. The van der Waals surface area contributed by atoms with Crippen molar-refractivity contribution < 1.29 is 20.1 Å². The van der Waals surface area contributed by atoms with Gasteiger partial charge in [0.1, 0.15) is 0 Å². The van der Waals surface area contributed by atoms with Crippen LogP contribution in [0.4, 0.5) is 0 Å². The zero-order valence-electron chi connectivity index (χ0n) is 14.6. The van der Waals surface area contributed by atoms with Crippen LogP contribution in [0.1, 0.15) is 11.1 Å². The second kappa shape index (κ2) is 6.35. The SMILES string of the molecule is Cc1cccc(C)c1-c1c[n-]c2c3ncccc3c3ccccc3c12.[Ir]. The van der Waals surface area contributed by atoms with Crippen molar-refractivity contribution in [3.05, 3.63) is 78.1 Å². The van der Waals surface area contributed by atoms with Crippen LogP contribution in [-0.4, -0.2) is 4.98 Å². The Hall–Kier alpha value is -2.48. The van der Waals surface area contributed by atoms with Gasteiger partial charge in [-0.25, -0.2) is 0 Å². The fourth-order valence-electron chi connectivity index (χ4n) is 4.01. The molecule has 1 radical (unpaired) electrons. The number of aromatic nitrogens is 2. The van der Waals surface area contributed by atoms with Crippen molar-refractivity contribution in [2.45, 2.75) is 13.8 Å². The number of aryl methyl sites for hydroxylation is 2. The third kappa shape index (κ3) is 2.32. The number of hydrogen-bond acceptors (Lipinski definition) is 1. The minimum absolute atomic E-state index is 0. The van der Waals surface area contributed by atoms with Crippen molar-refractivity contribution >= 4 is 32.6 Å². The first kappa shape index (κ1) is 17.0. The largest absolute Gasteiger partial charge is 0.661 e. The van der Waals surface area contributed by atoms with Gasteiger partial charge in [0.05, 0.1) is 5.52 Å². The Morgan fingerprint density at radius 2 is 1.46 bits per heavy atom. The first-order valence-electron chi connectivity index (χ1n) is 8.53. The van der Waals surface area contributed by atoms with Crippen LogP contribution >= 0.6 is 0 Å². The molecule has 0 N–H and O–H groups in total. The molecule has 2 heterocycles. The molecule has 129 valence electrons. The van der Waals surface area contributed by atoms with Crippen molar-refractivity contribution in [1.82, 2.24) is 9.97 Å². The van der Waals surface area contributed by atoms with Gasteiger partial charge in [0.25, 0.3) is 0 Å². The Balaban J connectivity index is 0.00000168. The van der Waals surface area contributed by atoms with Gasteiger partial charge in [0.2, 0.25) is 0 Å². The molecule has 0 bridgehead atoms. The molecule has 5 rings (SSSR count). The van der Waals surface area contributed by atoms with E-state index in [-0.39, 0.29) is 20.1 Å². The quantitative estimate of drug-likeness (QED) is 0.266. The summed E-state index contributed by atoms with van der Waals surface area (Å²) in [6, 6.07) is 19.2. The summed E-state index contributed by atoms with van der Waals surface area (Å²) in [5.74, 6) is 0. The Kier molecular flexibility index (Phi) is 4.14. The summed E-state index contributed by atoms with van der Waals surface area (Å²) in [7, 11) is 0. The first-order valence-corrected chi connectivity index (χ1v) is 8.53. The number of nitrogens with zero attached hydrogens (tertiary/aromatic N) is 2. The van der Waals surface area contributed by atoms with Gasteiger partial charge >= 0.3 is 0 Å². The van der Waals surface area contributed by atoms with Crippen LogP contribution in [0.15, 0.2) is 67.0 Å². The van der Waals surface area contributed by atoms with Gasteiger partial charge in [-0.1, -0.05) is 48.5 Å². The van der Waals surface area contributed by atoms with Crippen molar-refractivity contribution in [2.24, 2.45) is 0 Å². The van der Waals surface area contributed by atoms with Gasteiger partial charge in [0, 0.05) is 31.7 Å². The zero-order chi connectivity index (χ0) is 17.0. The van der Waals surface area contributed by atoms with Gasteiger partial charge in [-0.05, 0) is 58.3 Å². The topological polar surface area (TPSA) is 27.0 Å². The van der Waals surface area contributed by atoms with Gasteiger partial charge in [-0.15, -0.1) is 5.52 Å². The van der Waals surface area contributed by atoms with Gasteiger partial charge in [0.15, 0.2) is 0 Å². The molecule has 3 aromatic carbocycles. The van der Waals surface area contributed by atoms with Gasteiger partial charge < -0.3 is 4.98 Å². The van der Waals surface area contributed by atoms with Crippen LogP contribution in [-0.2, 0) is 20.1 Å². The molecule has 0 fully saturated rings. The maximum Gasteiger partial charge on any atom is 0.0567 e. The summed E-state index contributed by atoms with van der Waals surface area (Å²) in [5.41, 5.74) is 7.01. The molecule has 5 aromatic rings. The zero-order valence-corrected chi connectivity index (χ0v) is 17.0. The van der Waals surface area contributed by atoms with E-state index in [1.54, 1.807) is 0 Å². The summed E-state index contributed by atoms with van der Waals surface area (Å²) in [4.78, 5) is 9.44. The standard InChI is InChI=1S/C23H17N2.Ir/c1-14-7-5-8-15(2)20(14)19-13-25-23-21(19)17-10-4-3-9-16(17)18-11-6-12-24-22(18)23;/h3-13H,1-2H3;/q-1;. The van der Waals surface area contributed by atoms with Gasteiger partial charge in [-0.2, -0.15) is 6.20 Å². The van der Waals surface area contributed by atoms with E-state index < -0.39 is 0 Å². The number of pyridine rings is 1. The molecule has 0 unspecified atom stereocenters. The molecule has 2 aromatic heterocycles. The summed E-state index contributed by atoms with van der Waals surface area (Å²) >= 11 is 0. The summed E-state index contributed by atoms with van der Waals surface area (Å²) in [6.45, 7) is 4.34. The molecule has 0 atom stereocenters. The monoisotopic (exact) mass is 514 g/mol. The third-order valence-electron chi connectivity index (χ3n) is 5.10. The number of hydrogen-bond donors (Lipinski definition) is 0. The van der Waals surface area contributed by atoms with Crippen LogP contribution in [0.2, 0.25) is 0 Å². The van der Waals surface area contributed by atoms with E-state index in [9.17, 15) is 0 Å². The normalized spacial score (nSPS) is 11.2. The Labute approximate surface area is 165 Å². The van der Waals surface area contributed by atoms with E-state index in [0.29, 0.717) is 0 Å². The van der Waals surface area contributed by atoms with Crippen molar-refractivity contribution in [2.75, 3.05) is 0 Å². The fraction of sp³-hybridized carbons (Fsp3) is 0.0870. The van der Waals surface area contributed by atoms with Crippen LogP contribution in [0.25, 0.3) is 43.7 Å². The molecule has 26 heavy (non-hydrogen) atoms. The van der Waals surface area contributed by atoms with Crippen molar-refractivity contribution in [1.29, 1.82) is 0 Å². The second-order valence-electron chi connectivity index (χ2n) is 6.61. The molecular weight excluding hydrogens is 496 g/mol. The van der Waals surface area contributed by atoms with Gasteiger partial charge in [-0.3, -0.25) is 4.98 Å². The second-order valence-corrected chi connectivity index (χ2v) is 6.61. The molecule has 0 saturated carbocycles. The number of benzene rings is 3. The Morgan fingerprint density at radius 3 is 2.23 bits per heavy atom. The van der Waals surface area contributed by atoms with E-state index >= 15 is 0 Å². The average molecular weight is 514 g/mol. The molecular formula is C23H17IrN2-. The molecule has 0 spiro atoms. The third-order valence-corrected chi connectivity index (χ3v) is 5.10. The maximum absolute atomic E-state index is 4.79. The smallest absolute Gasteiger partial charge is 0.0567 e. The Morgan fingerprint density at radius 1 is 0.769 bits per heavy atom. The molecule has 3 heteroatoms. The van der Waals surface area contributed by atoms with Crippen LogP contribution < -0.4 is 4.98 Å². The van der Waals surface area contributed by atoms with E-state index in [2.05, 4.69) is 67.4 Å². The Bertz CT molecular complexity index is 1250. The summed E-state index contributed by atoms with van der Waals surface area (Å²) < 4.78 is 0. The predicted octanol–water partition coefficient (Wildman–Crippen LogP) is 5.78. The van der Waals surface area contributed by atoms with E-state index in [4.69, 9.17) is 4.98 Å². The van der Waals surface area contributed by atoms with E-state index in [0.717, 1.165) is 16.4 Å². The predicted molar refractivity (Wildman–Crippen MR) is 105 cm³/mol. The number of fused-ring (bicyclic) bond motifs is 6. The van der Waals surface area contributed by atoms with Crippen LogP contribution in [0.3, 0.4) is 0 Å². The van der Waals surface area contributed by atoms with Crippen LogP contribution in [0, 0.1) is 13.8 Å². The molecule has 0 amide bonds. The minimum Gasteiger partial charge on any atom is -0.661 e. The molecule has 0 aliphatic rings. The van der Waals surface area contributed by atoms with Crippen LogP contribution in [0.5, 0.6) is 0 Å². The number of rotatable bonds is 1. The fourth-order valence-corrected chi connectivity index (χ4v) is 4.01. The molecule has 0 aliphatic carbocycles. The summed E-state index contributed by atoms with van der Waals surface area (Å²) in [5, 5.41) is 4.85. The minimum atomic E-state index is 0.